The molecule has 1 aromatic carbocycles. The Kier molecular flexibility index (Phi) is 3.21. The van der Waals surface area contributed by atoms with E-state index in [1.54, 1.807) is 18.2 Å². The molecule has 100 valence electrons. The van der Waals surface area contributed by atoms with Gasteiger partial charge in [0.15, 0.2) is 6.17 Å². The van der Waals surface area contributed by atoms with Gasteiger partial charge in [-0.25, -0.2) is 9.79 Å². The number of hydrogen-bond donors (Lipinski definition) is 2. The fraction of sp³-hybridized carbons (Fsp3) is 0.429. The van der Waals surface area contributed by atoms with Gasteiger partial charge in [0.2, 0.25) is 5.90 Å². The van der Waals surface area contributed by atoms with Crippen LogP contribution in [-0.2, 0) is 4.84 Å². The predicted molar refractivity (Wildman–Crippen MR) is 69.8 cm³/mol. The van der Waals surface area contributed by atoms with Crippen molar-refractivity contribution in [1.82, 2.24) is 5.48 Å². The third-order valence-electron chi connectivity index (χ3n) is 3.69. The summed E-state index contributed by atoms with van der Waals surface area (Å²) in [5.41, 5.74) is 3.95. The lowest BCUT2D eigenvalue weighted by Gasteiger charge is -2.07. The third kappa shape index (κ3) is 2.46. The Labute approximate surface area is 111 Å². The van der Waals surface area contributed by atoms with Crippen molar-refractivity contribution in [1.29, 1.82) is 0 Å². The maximum atomic E-state index is 11.0. The molecule has 1 saturated carbocycles. The van der Waals surface area contributed by atoms with E-state index < -0.39 is 5.97 Å². The topological polar surface area (TPSA) is 70.9 Å². The lowest BCUT2D eigenvalue weighted by molar-refractivity contribution is 0.0696. The molecule has 5 nitrogen and oxygen atoms in total. The predicted octanol–water partition coefficient (Wildman–Crippen LogP) is 2.51. The van der Waals surface area contributed by atoms with E-state index in [2.05, 4.69) is 10.5 Å². The molecule has 2 N–H and O–H groups in total. The lowest BCUT2D eigenvalue weighted by atomic mass is 10.1. The molecule has 1 aromatic rings. The third-order valence-corrected chi connectivity index (χ3v) is 3.69. The number of carboxylic acid groups (broad SMARTS) is 1. The highest BCUT2D eigenvalue weighted by Crippen LogP contribution is 2.30. The fourth-order valence-electron chi connectivity index (χ4n) is 2.64. The van der Waals surface area contributed by atoms with Crippen LogP contribution in [0.2, 0.25) is 0 Å². The van der Waals surface area contributed by atoms with Gasteiger partial charge in [-0.2, -0.15) is 0 Å². The van der Waals surface area contributed by atoms with Gasteiger partial charge in [-0.1, -0.05) is 25.0 Å². The Bertz CT molecular complexity index is 521. The zero-order valence-electron chi connectivity index (χ0n) is 10.5. The van der Waals surface area contributed by atoms with Gasteiger partial charge >= 0.3 is 5.97 Å². The van der Waals surface area contributed by atoms with Crippen LogP contribution in [0.4, 0.5) is 0 Å². The molecular formula is C14H16N2O3. The summed E-state index contributed by atoms with van der Waals surface area (Å²) in [6.45, 7) is 0. The molecule has 3 rings (SSSR count). The van der Waals surface area contributed by atoms with Gasteiger partial charge < -0.3 is 9.94 Å². The van der Waals surface area contributed by atoms with E-state index in [9.17, 15) is 4.79 Å². The van der Waals surface area contributed by atoms with Gasteiger partial charge in [0.05, 0.1) is 5.56 Å². The van der Waals surface area contributed by atoms with Crippen molar-refractivity contribution >= 4 is 11.9 Å². The Morgan fingerprint density at radius 2 is 2.16 bits per heavy atom. The number of hydroxylamine groups is 1. The van der Waals surface area contributed by atoms with Crippen LogP contribution in [-0.4, -0.2) is 17.0 Å². The molecule has 1 aliphatic carbocycles. The van der Waals surface area contributed by atoms with Crippen LogP contribution in [0.1, 0.15) is 47.8 Å². The van der Waals surface area contributed by atoms with Gasteiger partial charge in [0.1, 0.15) is 0 Å². The summed E-state index contributed by atoms with van der Waals surface area (Å²) in [4.78, 5) is 20.9. The molecule has 0 bridgehead atoms. The number of aliphatic imine (C=N–C) groups is 1. The Morgan fingerprint density at radius 1 is 1.37 bits per heavy atom. The molecule has 0 saturated heterocycles. The molecule has 1 atom stereocenters. The summed E-state index contributed by atoms with van der Waals surface area (Å²) < 4.78 is 0. The standard InChI is InChI=1S/C14H16N2O3/c17-14(18)11-7-3-6-10(8-11)12-15-13(19-16-12)9-4-1-2-5-9/h3,6-9,12,16H,1-2,4-5H2,(H,17,18). The van der Waals surface area contributed by atoms with Crippen LogP contribution in [0.15, 0.2) is 29.3 Å². The first-order chi connectivity index (χ1) is 9.24. The van der Waals surface area contributed by atoms with Crippen molar-refractivity contribution < 1.29 is 14.7 Å². The number of carboxylic acids is 1. The Morgan fingerprint density at radius 3 is 2.89 bits per heavy atom. The molecular weight excluding hydrogens is 244 g/mol. The van der Waals surface area contributed by atoms with Crippen molar-refractivity contribution in [2.24, 2.45) is 10.9 Å². The van der Waals surface area contributed by atoms with Crippen molar-refractivity contribution in [3.63, 3.8) is 0 Å². The Balaban J connectivity index is 1.79. The van der Waals surface area contributed by atoms with Crippen LogP contribution in [0.25, 0.3) is 0 Å². The van der Waals surface area contributed by atoms with E-state index in [1.807, 2.05) is 6.07 Å². The second-order valence-electron chi connectivity index (χ2n) is 5.00. The van der Waals surface area contributed by atoms with E-state index in [1.165, 1.54) is 12.8 Å². The molecule has 19 heavy (non-hydrogen) atoms. The van der Waals surface area contributed by atoms with E-state index in [0.717, 1.165) is 24.3 Å². The number of aromatic carboxylic acids is 1. The molecule has 0 aromatic heterocycles. The van der Waals surface area contributed by atoms with Crippen LogP contribution in [0.3, 0.4) is 0 Å². The molecule has 0 radical (unpaired) electrons. The van der Waals surface area contributed by atoms with E-state index >= 15 is 0 Å². The van der Waals surface area contributed by atoms with Gasteiger partial charge in [-0.15, -0.1) is 5.48 Å². The summed E-state index contributed by atoms with van der Waals surface area (Å²) in [6.07, 6.45) is 4.42. The number of nitrogens with zero attached hydrogens (tertiary/aromatic N) is 1. The highest BCUT2D eigenvalue weighted by molar-refractivity contribution is 5.87. The zero-order valence-corrected chi connectivity index (χ0v) is 10.5. The first-order valence-corrected chi connectivity index (χ1v) is 6.57. The average Bonchev–Trinajstić information content (AvgIpc) is 3.09. The average molecular weight is 260 g/mol. The monoisotopic (exact) mass is 260 g/mol. The van der Waals surface area contributed by atoms with Crippen molar-refractivity contribution in [2.45, 2.75) is 31.8 Å². The first-order valence-electron chi connectivity index (χ1n) is 6.57. The second-order valence-corrected chi connectivity index (χ2v) is 5.00. The summed E-state index contributed by atoms with van der Waals surface area (Å²) in [6, 6.07) is 6.78. The smallest absolute Gasteiger partial charge is 0.335 e. The van der Waals surface area contributed by atoms with Crippen LogP contribution >= 0.6 is 0 Å². The second kappa shape index (κ2) is 5.01. The summed E-state index contributed by atoms with van der Waals surface area (Å²) >= 11 is 0. The number of carbonyl (C=O) groups is 1. The maximum Gasteiger partial charge on any atom is 0.335 e. The highest BCUT2D eigenvalue weighted by atomic mass is 16.7. The van der Waals surface area contributed by atoms with E-state index in [4.69, 9.17) is 9.94 Å². The quantitative estimate of drug-likeness (QED) is 0.876. The van der Waals surface area contributed by atoms with Crippen LogP contribution in [0, 0.1) is 5.92 Å². The van der Waals surface area contributed by atoms with Crippen molar-refractivity contribution in [3.8, 4) is 0 Å². The van der Waals surface area contributed by atoms with Gasteiger partial charge in [-0.05, 0) is 30.5 Å². The largest absolute Gasteiger partial charge is 0.478 e. The number of rotatable bonds is 3. The molecule has 1 unspecified atom stereocenters. The van der Waals surface area contributed by atoms with Crippen molar-refractivity contribution in [3.05, 3.63) is 35.4 Å². The summed E-state index contributed by atoms with van der Waals surface area (Å²) in [5.74, 6) is 0.254. The van der Waals surface area contributed by atoms with E-state index in [-0.39, 0.29) is 11.7 Å². The van der Waals surface area contributed by atoms with Gasteiger partial charge in [0, 0.05) is 5.92 Å². The lowest BCUT2D eigenvalue weighted by Crippen LogP contribution is -2.18. The summed E-state index contributed by atoms with van der Waals surface area (Å²) in [5, 5.41) is 8.99. The minimum Gasteiger partial charge on any atom is -0.478 e. The van der Waals surface area contributed by atoms with Crippen LogP contribution in [0.5, 0.6) is 0 Å². The number of nitrogens with one attached hydrogen (secondary N) is 1. The van der Waals surface area contributed by atoms with Gasteiger partial charge in [0.25, 0.3) is 0 Å². The van der Waals surface area contributed by atoms with E-state index in [0.29, 0.717) is 5.92 Å². The minimum atomic E-state index is -0.930. The van der Waals surface area contributed by atoms with Gasteiger partial charge in [-0.3, -0.25) is 0 Å². The fourth-order valence-corrected chi connectivity index (χ4v) is 2.64. The Hall–Kier alpha value is -1.88. The van der Waals surface area contributed by atoms with Crippen molar-refractivity contribution in [2.75, 3.05) is 0 Å². The maximum absolute atomic E-state index is 11.0. The van der Waals surface area contributed by atoms with Crippen LogP contribution < -0.4 is 5.48 Å². The zero-order chi connectivity index (χ0) is 13.2. The molecule has 1 fully saturated rings. The minimum absolute atomic E-state index is 0.267. The molecule has 1 aliphatic heterocycles. The molecule has 0 spiro atoms. The summed E-state index contributed by atoms with van der Waals surface area (Å²) in [7, 11) is 0. The molecule has 2 aliphatic rings. The highest BCUT2D eigenvalue weighted by Gasteiger charge is 2.29. The SMILES string of the molecule is O=C(O)c1cccc(C2N=C(C3CCCC3)ON2)c1. The molecule has 1 heterocycles. The number of benzene rings is 1. The molecule has 0 amide bonds. The first kappa shape index (κ1) is 12.2. The normalized spacial score (nSPS) is 23.2. The number of hydrogen-bond acceptors (Lipinski definition) is 4. The molecule has 5 heteroatoms.